The molecule has 2 atom stereocenters. The van der Waals surface area contributed by atoms with E-state index < -0.39 is 24.2 Å². The molecule has 32 heavy (non-hydrogen) atoms. The van der Waals surface area contributed by atoms with Crippen LogP contribution in [0.15, 0.2) is 30.5 Å². The number of anilines is 1. The minimum Gasteiger partial charge on any atom is -0.370 e. The van der Waals surface area contributed by atoms with Crippen molar-refractivity contribution < 1.29 is 27.6 Å². The molecular weight excluding hydrogens is 423 g/mol. The van der Waals surface area contributed by atoms with Crippen molar-refractivity contribution in [2.24, 2.45) is 0 Å². The molecule has 0 saturated carbocycles. The fourth-order valence-corrected chi connectivity index (χ4v) is 4.29. The lowest BCUT2D eigenvalue weighted by Crippen LogP contribution is -3.14. The van der Waals surface area contributed by atoms with Crippen molar-refractivity contribution in [1.29, 1.82) is 0 Å². The molecule has 1 fully saturated rings. The quantitative estimate of drug-likeness (QED) is 0.586. The van der Waals surface area contributed by atoms with Crippen molar-refractivity contribution >= 4 is 11.7 Å². The van der Waals surface area contributed by atoms with E-state index in [1.165, 1.54) is 11.1 Å². The zero-order valence-corrected chi connectivity index (χ0v) is 18.0. The number of aryl methyl sites for hydroxylation is 1. The highest BCUT2D eigenvalue weighted by molar-refractivity contribution is 5.98. The number of alkyl halides is 3. The Morgan fingerprint density at radius 2 is 2.00 bits per heavy atom. The highest BCUT2D eigenvalue weighted by Crippen LogP contribution is 2.44. The van der Waals surface area contributed by atoms with E-state index in [2.05, 4.69) is 15.7 Å². The number of carbonyl (C=O) groups is 1. The van der Waals surface area contributed by atoms with Gasteiger partial charge in [-0.25, -0.2) is 4.68 Å². The number of nitrogens with one attached hydrogen (secondary N) is 3. The average Bonchev–Trinajstić information content (AvgIpc) is 3.20. The van der Waals surface area contributed by atoms with Crippen molar-refractivity contribution in [3.8, 4) is 0 Å². The minimum absolute atomic E-state index is 0.112. The fourth-order valence-electron chi connectivity index (χ4n) is 4.29. The van der Waals surface area contributed by atoms with E-state index in [1.54, 1.807) is 0 Å². The van der Waals surface area contributed by atoms with E-state index in [1.807, 2.05) is 31.2 Å². The molecule has 7 nitrogen and oxygen atoms in total. The number of benzene rings is 1. The van der Waals surface area contributed by atoms with Gasteiger partial charge >= 0.3 is 6.18 Å². The first kappa shape index (κ1) is 22.6. The first-order valence-electron chi connectivity index (χ1n) is 11.0. The summed E-state index contributed by atoms with van der Waals surface area (Å²) in [6.45, 7) is 6.70. The summed E-state index contributed by atoms with van der Waals surface area (Å²) in [6.07, 6.45) is -2.65. The molecule has 0 bridgehead atoms. The molecule has 1 amide bonds. The second-order valence-corrected chi connectivity index (χ2v) is 8.47. The molecule has 3 N–H and O–H groups in total. The van der Waals surface area contributed by atoms with Crippen LogP contribution in [0.5, 0.6) is 0 Å². The number of hydrogen-bond acceptors (Lipinski definition) is 4. The van der Waals surface area contributed by atoms with Crippen LogP contribution in [0, 0.1) is 6.92 Å². The smallest absolute Gasteiger partial charge is 0.370 e. The second kappa shape index (κ2) is 9.50. The van der Waals surface area contributed by atoms with Crippen LogP contribution in [0.4, 0.5) is 19.0 Å². The maximum atomic E-state index is 13.8. The molecule has 174 valence electrons. The van der Waals surface area contributed by atoms with Crippen molar-refractivity contribution in [3.05, 3.63) is 47.2 Å². The maximum Gasteiger partial charge on any atom is 0.410 e. The third-order valence-electron chi connectivity index (χ3n) is 6.16. The molecule has 1 saturated heterocycles. The van der Waals surface area contributed by atoms with Gasteiger partial charge in [0.2, 0.25) is 0 Å². The van der Waals surface area contributed by atoms with Gasteiger partial charge in [-0.2, -0.15) is 18.3 Å². The average molecular weight is 453 g/mol. The number of amides is 1. The Labute approximate surface area is 184 Å². The SMILES string of the molecule is Cc1ccc([C@H]2C[C@@H](C(F)(F)F)n3ncc(C(=O)NCCC[NH+]4CCOCC4)c3N2)cc1. The van der Waals surface area contributed by atoms with E-state index in [9.17, 15) is 18.0 Å². The Bertz CT molecular complexity index is 923. The molecule has 1 aromatic carbocycles. The summed E-state index contributed by atoms with van der Waals surface area (Å²) in [5.74, 6) is -0.304. The van der Waals surface area contributed by atoms with Gasteiger partial charge in [-0.15, -0.1) is 0 Å². The summed E-state index contributed by atoms with van der Waals surface area (Å²) < 4.78 is 47.7. The number of rotatable bonds is 6. The van der Waals surface area contributed by atoms with Crippen LogP contribution in [-0.2, 0) is 4.74 Å². The molecular formula is C22H29F3N5O2+. The number of aromatic nitrogens is 2. The van der Waals surface area contributed by atoms with Crippen LogP contribution in [0.1, 0.15) is 46.4 Å². The van der Waals surface area contributed by atoms with Gasteiger partial charge in [0.25, 0.3) is 5.91 Å². The number of ether oxygens (including phenoxy) is 1. The predicted octanol–water partition coefficient (Wildman–Crippen LogP) is 1.89. The molecule has 0 radical (unpaired) electrons. The van der Waals surface area contributed by atoms with Crippen LogP contribution in [0.2, 0.25) is 0 Å². The molecule has 0 aliphatic carbocycles. The fraction of sp³-hybridized carbons (Fsp3) is 0.545. The van der Waals surface area contributed by atoms with Crippen LogP contribution < -0.4 is 15.5 Å². The second-order valence-electron chi connectivity index (χ2n) is 8.47. The third kappa shape index (κ3) is 5.07. The normalized spacial score (nSPS) is 21.6. The lowest BCUT2D eigenvalue weighted by atomic mass is 9.96. The number of hydrogen-bond donors (Lipinski definition) is 3. The number of nitrogens with zero attached hydrogens (tertiary/aromatic N) is 2. The van der Waals surface area contributed by atoms with Crippen molar-refractivity contribution in [3.63, 3.8) is 0 Å². The Balaban J connectivity index is 1.46. The Morgan fingerprint density at radius 1 is 1.28 bits per heavy atom. The monoisotopic (exact) mass is 452 g/mol. The highest BCUT2D eigenvalue weighted by Gasteiger charge is 2.47. The van der Waals surface area contributed by atoms with Crippen molar-refractivity contribution in [2.75, 3.05) is 44.7 Å². The molecule has 3 heterocycles. The zero-order chi connectivity index (χ0) is 22.7. The van der Waals surface area contributed by atoms with Gasteiger partial charge in [0.05, 0.1) is 32.0 Å². The number of carbonyl (C=O) groups excluding carboxylic acids is 1. The van der Waals surface area contributed by atoms with Gasteiger partial charge in [-0.1, -0.05) is 29.8 Å². The Hall–Kier alpha value is -2.59. The molecule has 2 aliphatic heterocycles. The van der Waals surface area contributed by atoms with E-state index in [-0.39, 0.29) is 17.8 Å². The molecule has 2 aromatic rings. The summed E-state index contributed by atoms with van der Waals surface area (Å²) >= 11 is 0. The molecule has 2 aliphatic rings. The molecule has 1 aromatic heterocycles. The highest BCUT2D eigenvalue weighted by atomic mass is 19.4. The lowest BCUT2D eigenvalue weighted by Gasteiger charge is -2.34. The number of fused-ring (bicyclic) bond motifs is 1. The number of quaternary nitrogens is 1. The number of morpholine rings is 1. The van der Waals surface area contributed by atoms with Crippen LogP contribution >= 0.6 is 0 Å². The molecule has 0 unspecified atom stereocenters. The predicted molar refractivity (Wildman–Crippen MR) is 113 cm³/mol. The summed E-state index contributed by atoms with van der Waals surface area (Å²) in [5.41, 5.74) is 1.91. The topological polar surface area (TPSA) is 72.6 Å². The summed E-state index contributed by atoms with van der Waals surface area (Å²) in [5, 5.41) is 9.89. The molecule has 0 spiro atoms. The zero-order valence-electron chi connectivity index (χ0n) is 18.0. The van der Waals surface area contributed by atoms with E-state index in [4.69, 9.17) is 4.74 Å². The van der Waals surface area contributed by atoms with Crippen LogP contribution in [0.25, 0.3) is 0 Å². The summed E-state index contributed by atoms with van der Waals surface area (Å²) in [4.78, 5) is 14.2. The van der Waals surface area contributed by atoms with Gasteiger partial charge < -0.3 is 20.3 Å². The van der Waals surface area contributed by atoms with Crippen LogP contribution in [-0.4, -0.2) is 61.3 Å². The Morgan fingerprint density at radius 3 is 2.69 bits per heavy atom. The van der Waals surface area contributed by atoms with Gasteiger partial charge in [0, 0.05) is 19.4 Å². The van der Waals surface area contributed by atoms with Crippen LogP contribution in [0.3, 0.4) is 0 Å². The maximum absolute atomic E-state index is 13.8. The molecule has 10 heteroatoms. The van der Waals surface area contributed by atoms with Gasteiger partial charge in [0.15, 0.2) is 6.04 Å². The van der Waals surface area contributed by atoms with Gasteiger partial charge in [-0.3, -0.25) is 4.79 Å². The third-order valence-corrected chi connectivity index (χ3v) is 6.16. The standard InChI is InChI=1S/C22H28F3N5O2/c1-15-3-5-16(6-4-15)18-13-19(22(23,24)25)30-20(28-18)17(14-27-30)21(31)26-7-2-8-29-9-11-32-12-10-29/h3-6,14,18-19,28H,2,7-13H2,1H3,(H,26,31)/p+1/t18-,19+/m1/s1. The van der Waals surface area contributed by atoms with E-state index in [0.717, 1.165) is 55.1 Å². The first-order valence-corrected chi connectivity index (χ1v) is 11.0. The van der Waals surface area contributed by atoms with Crippen molar-refractivity contribution in [1.82, 2.24) is 15.1 Å². The summed E-state index contributed by atoms with van der Waals surface area (Å²) in [7, 11) is 0. The van der Waals surface area contributed by atoms with E-state index in [0.29, 0.717) is 6.54 Å². The summed E-state index contributed by atoms with van der Waals surface area (Å²) in [6, 6.07) is 5.02. The minimum atomic E-state index is -4.47. The lowest BCUT2D eigenvalue weighted by molar-refractivity contribution is -0.908. The van der Waals surface area contributed by atoms with Crippen molar-refractivity contribution in [2.45, 2.75) is 38.0 Å². The number of halogens is 3. The van der Waals surface area contributed by atoms with E-state index >= 15 is 0 Å². The molecule has 4 rings (SSSR count). The van der Waals surface area contributed by atoms with Gasteiger partial charge in [-0.05, 0) is 12.5 Å². The largest absolute Gasteiger partial charge is 0.410 e. The Kier molecular flexibility index (Phi) is 6.71. The van der Waals surface area contributed by atoms with Gasteiger partial charge in [0.1, 0.15) is 24.5 Å². The first-order chi connectivity index (χ1) is 15.3.